The second-order valence-corrected chi connectivity index (χ2v) is 7.76. The van der Waals surface area contributed by atoms with E-state index in [4.69, 9.17) is 0 Å². The highest BCUT2D eigenvalue weighted by Gasteiger charge is 2.44. The Morgan fingerprint density at radius 3 is 1.65 bits per heavy atom. The van der Waals surface area contributed by atoms with Gasteiger partial charge in [0.25, 0.3) is 10.1 Å². The summed E-state index contributed by atoms with van der Waals surface area (Å²) in [4.78, 5) is 0.0381. The summed E-state index contributed by atoms with van der Waals surface area (Å²) in [6, 6.07) is 6.82. The highest BCUT2D eigenvalue weighted by molar-refractivity contribution is 7.85. The average Bonchev–Trinajstić information content (AvgIpc) is 2.27. The maximum absolute atomic E-state index is 11.7. The zero-order valence-corrected chi connectivity index (χ0v) is 14.0. The second-order valence-electron chi connectivity index (χ2n) is 6.37. The van der Waals surface area contributed by atoms with Crippen LogP contribution in [-0.4, -0.2) is 13.0 Å². The first-order valence-electron chi connectivity index (χ1n) is 7.13. The fourth-order valence-electron chi connectivity index (χ4n) is 3.98. The molecule has 4 heteroatoms. The molecule has 20 heavy (non-hydrogen) atoms. The van der Waals surface area contributed by atoms with E-state index in [9.17, 15) is 13.0 Å². The average molecular weight is 298 g/mol. The molecular formula is C16H26O3S. The molecule has 1 aromatic carbocycles. The lowest BCUT2D eigenvalue weighted by Crippen LogP contribution is -2.43. The molecule has 0 saturated carbocycles. The molecule has 0 unspecified atom stereocenters. The fraction of sp³-hybridized carbons (Fsp3) is 0.625. The first kappa shape index (κ1) is 17.2. The molecule has 0 aliphatic carbocycles. The Kier molecular flexibility index (Phi) is 5.03. The van der Waals surface area contributed by atoms with Crippen molar-refractivity contribution in [3.8, 4) is 0 Å². The molecule has 0 aromatic heterocycles. The maximum Gasteiger partial charge on any atom is 0.294 e. The van der Waals surface area contributed by atoms with E-state index in [0.717, 1.165) is 5.56 Å². The van der Waals surface area contributed by atoms with Crippen molar-refractivity contribution in [2.45, 2.75) is 51.9 Å². The topological polar surface area (TPSA) is 54.4 Å². The highest BCUT2D eigenvalue weighted by Crippen LogP contribution is 2.47. The predicted octanol–water partition coefficient (Wildman–Crippen LogP) is 4.14. The molecule has 1 N–H and O–H groups in total. The number of benzene rings is 1. The summed E-state index contributed by atoms with van der Waals surface area (Å²) >= 11 is 0. The van der Waals surface area contributed by atoms with Crippen LogP contribution in [0.5, 0.6) is 0 Å². The van der Waals surface area contributed by atoms with Crippen molar-refractivity contribution in [1.82, 2.24) is 0 Å². The lowest BCUT2D eigenvalue weighted by atomic mass is 9.58. The fourth-order valence-corrected chi connectivity index (χ4v) is 4.76. The minimum Gasteiger partial charge on any atom is -0.282 e. The van der Waals surface area contributed by atoms with E-state index in [1.807, 2.05) is 12.1 Å². The third kappa shape index (κ3) is 2.77. The van der Waals surface area contributed by atoms with Crippen LogP contribution in [-0.2, 0) is 15.5 Å². The van der Waals surface area contributed by atoms with Crippen molar-refractivity contribution in [1.29, 1.82) is 0 Å². The van der Waals surface area contributed by atoms with E-state index >= 15 is 0 Å². The Hall–Kier alpha value is -0.870. The molecule has 0 radical (unpaired) electrons. The summed E-state index contributed by atoms with van der Waals surface area (Å²) in [6.45, 7) is 12.7. The predicted molar refractivity (Wildman–Crippen MR) is 82.4 cm³/mol. The Balaban J connectivity index is 3.76. The first-order chi connectivity index (χ1) is 9.06. The van der Waals surface area contributed by atoms with Crippen molar-refractivity contribution in [2.24, 2.45) is 17.8 Å². The Morgan fingerprint density at radius 2 is 1.30 bits per heavy atom. The summed E-state index contributed by atoms with van der Waals surface area (Å²) in [5.74, 6) is 0.765. The lowest BCUT2D eigenvalue weighted by molar-refractivity contribution is 0.144. The van der Waals surface area contributed by atoms with Gasteiger partial charge in [-0.2, -0.15) is 8.42 Å². The van der Waals surface area contributed by atoms with Crippen LogP contribution in [0, 0.1) is 17.8 Å². The molecule has 0 spiro atoms. The van der Waals surface area contributed by atoms with Gasteiger partial charge in [0, 0.05) is 5.41 Å². The molecule has 0 atom stereocenters. The van der Waals surface area contributed by atoms with E-state index < -0.39 is 10.1 Å². The molecular weight excluding hydrogens is 272 g/mol. The molecule has 0 bridgehead atoms. The van der Waals surface area contributed by atoms with Gasteiger partial charge in [0.2, 0.25) is 0 Å². The smallest absolute Gasteiger partial charge is 0.282 e. The molecule has 114 valence electrons. The van der Waals surface area contributed by atoms with Crippen LogP contribution in [0.4, 0.5) is 0 Å². The highest BCUT2D eigenvalue weighted by atomic mass is 32.2. The molecule has 0 aliphatic rings. The standard InChI is InChI=1S/C16H26O3S/c1-11(2)16(12(3)4,13(5)6)14-9-7-8-10-15(14)20(17,18)19/h7-13H,1-6H3,(H,17,18,19). The summed E-state index contributed by atoms with van der Waals surface area (Å²) in [7, 11) is -4.22. The third-order valence-corrected chi connectivity index (χ3v) is 5.41. The normalized spacial score (nSPS) is 13.5. The van der Waals surface area contributed by atoms with Crippen LogP contribution in [0.25, 0.3) is 0 Å². The van der Waals surface area contributed by atoms with E-state index in [1.165, 1.54) is 6.07 Å². The van der Waals surface area contributed by atoms with E-state index in [0.29, 0.717) is 0 Å². The van der Waals surface area contributed by atoms with Crippen LogP contribution >= 0.6 is 0 Å². The number of hydrogen-bond acceptors (Lipinski definition) is 2. The van der Waals surface area contributed by atoms with Gasteiger partial charge in [-0.15, -0.1) is 0 Å². The zero-order valence-electron chi connectivity index (χ0n) is 13.2. The number of hydrogen-bond donors (Lipinski definition) is 1. The molecule has 0 aliphatic heterocycles. The monoisotopic (exact) mass is 298 g/mol. The van der Waals surface area contributed by atoms with Crippen molar-refractivity contribution < 1.29 is 13.0 Å². The van der Waals surface area contributed by atoms with Crippen molar-refractivity contribution >= 4 is 10.1 Å². The maximum atomic E-state index is 11.7. The molecule has 0 heterocycles. The molecule has 0 fully saturated rings. The first-order valence-corrected chi connectivity index (χ1v) is 8.57. The van der Waals surface area contributed by atoms with Gasteiger partial charge in [-0.1, -0.05) is 59.7 Å². The van der Waals surface area contributed by atoms with Gasteiger partial charge in [0.05, 0.1) is 4.90 Å². The summed E-state index contributed by atoms with van der Waals surface area (Å²) in [6.07, 6.45) is 0. The quantitative estimate of drug-likeness (QED) is 0.831. The van der Waals surface area contributed by atoms with E-state index in [-0.39, 0.29) is 28.1 Å². The Bertz CT molecular complexity index is 535. The van der Waals surface area contributed by atoms with Gasteiger partial charge in [-0.05, 0) is 29.4 Å². The van der Waals surface area contributed by atoms with E-state index in [1.54, 1.807) is 6.07 Å². The van der Waals surface area contributed by atoms with Crippen molar-refractivity contribution in [3.05, 3.63) is 29.8 Å². The van der Waals surface area contributed by atoms with Crippen molar-refractivity contribution in [3.63, 3.8) is 0 Å². The van der Waals surface area contributed by atoms with Gasteiger partial charge in [-0.3, -0.25) is 4.55 Å². The van der Waals surface area contributed by atoms with Gasteiger partial charge < -0.3 is 0 Å². The second kappa shape index (κ2) is 5.86. The zero-order chi connectivity index (χ0) is 15.7. The SMILES string of the molecule is CC(C)C(c1ccccc1S(=O)(=O)O)(C(C)C)C(C)C. The van der Waals surface area contributed by atoms with Gasteiger partial charge in [0.1, 0.15) is 0 Å². The molecule has 0 saturated heterocycles. The molecule has 1 rings (SSSR count). The summed E-state index contributed by atoms with van der Waals surface area (Å²) in [5.41, 5.74) is 0.425. The van der Waals surface area contributed by atoms with Crippen LogP contribution in [0.2, 0.25) is 0 Å². The third-order valence-electron chi connectivity index (χ3n) is 4.50. The van der Waals surface area contributed by atoms with Crippen LogP contribution in [0.15, 0.2) is 29.2 Å². The van der Waals surface area contributed by atoms with Gasteiger partial charge in [0.15, 0.2) is 0 Å². The van der Waals surface area contributed by atoms with E-state index in [2.05, 4.69) is 41.5 Å². The summed E-state index contributed by atoms with van der Waals surface area (Å²) in [5, 5.41) is 0. The molecule has 3 nitrogen and oxygen atoms in total. The number of rotatable bonds is 5. The van der Waals surface area contributed by atoms with Gasteiger partial charge in [-0.25, -0.2) is 0 Å². The van der Waals surface area contributed by atoms with Crippen LogP contribution in [0.3, 0.4) is 0 Å². The minimum atomic E-state index is -4.22. The van der Waals surface area contributed by atoms with Crippen molar-refractivity contribution in [2.75, 3.05) is 0 Å². The Morgan fingerprint density at radius 1 is 0.900 bits per heavy atom. The molecule has 0 amide bonds. The Labute approximate surface area is 123 Å². The molecule has 1 aromatic rings. The minimum absolute atomic E-state index is 0.0381. The lowest BCUT2D eigenvalue weighted by Gasteiger charge is -2.46. The van der Waals surface area contributed by atoms with Gasteiger partial charge >= 0.3 is 0 Å². The van der Waals surface area contributed by atoms with Crippen LogP contribution in [0.1, 0.15) is 47.1 Å². The largest absolute Gasteiger partial charge is 0.294 e. The van der Waals surface area contributed by atoms with Crippen LogP contribution < -0.4 is 0 Å². The summed E-state index contributed by atoms with van der Waals surface area (Å²) < 4.78 is 33.0.